The van der Waals surface area contributed by atoms with Crippen molar-refractivity contribution in [3.8, 4) is 6.07 Å². The van der Waals surface area contributed by atoms with Gasteiger partial charge >= 0.3 is 6.09 Å². The molecule has 1 aliphatic heterocycles. The second-order valence-electron chi connectivity index (χ2n) is 9.74. The van der Waals surface area contributed by atoms with Gasteiger partial charge in [0.25, 0.3) is 0 Å². The van der Waals surface area contributed by atoms with Crippen molar-refractivity contribution in [2.75, 3.05) is 13.1 Å². The fourth-order valence-electron chi connectivity index (χ4n) is 4.76. The van der Waals surface area contributed by atoms with Crippen LogP contribution in [0.4, 0.5) is 9.18 Å². The van der Waals surface area contributed by atoms with Gasteiger partial charge in [-0.3, -0.25) is 0 Å². The van der Waals surface area contributed by atoms with Crippen molar-refractivity contribution in [3.63, 3.8) is 0 Å². The minimum absolute atomic E-state index is 0. The van der Waals surface area contributed by atoms with Crippen LogP contribution in [0.1, 0.15) is 58.2 Å². The molecule has 1 saturated heterocycles. The summed E-state index contributed by atoms with van der Waals surface area (Å²) in [6.07, 6.45) is 4.89. The van der Waals surface area contributed by atoms with Crippen molar-refractivity contribution in [3.05, 3.63) is 41.7 Å². The van der Waals surface area contributed by atoms with Gasteiger partial charge in [0.05, 0.1) is 11.6 Å². The van der Waals surface area contributed by atoms with Gasteiger partial charge in [0, 0.05) is 18.6 Å². The molecule has 1 N–H and O–H groups in total. The average Bonchev–Trinajstić information content (AvgIpc) is 2.97. The zero-order chi connectivity index (χ0) is 21.0. The summed E-state index contributed by atoms with van der Waals surface area (Å²) in [6, 6.07) is 6.76. The molecular weight excluding hydrogens is 631 g/mol. The Bertz CT molecular complexity index is 1010. The second-order valence-corrected chi connectivity index (χ2v) is 9.74. The maximum Gasteiger partial charge on any atom is 0.410 e. The zero-order valence-electron chi connectivity index (χ0n) is 17.7. The Morgan fingerprint density at radius 1 is 1.30 bits per heavy atom. The number of likely N-dealkylation sites (tertiary alicyclic amines) is 1. The third-order valence-electron chi connectivity index (χ3n) is 6.48. The average molecular weight is 658 g/mol. The number of nitrogens with one attached hydrogen (secondary N) is 1. The number of carbonyl (C=O) groups is 1. The quantitative estimate of drug-likeness (QED) is 0.454. The maximum absolute atomic E-state index is 14.2. The number of amides is 1. The van der Waals surface area contributed by atoms with Crippen LogP contribution in [0.25, 0.3) is 10.9 Å². The van der Waals surface area contributed by atoms with E-state index in [1.807, 2.05) is 32.9 Å². The summed E-state index contributed by atoms with van der Waals surface area (Å²) in [7, 11) is 0. The minimum Gasteiger partial charge on any atom is -0.444 e. The molecule has 1 aromatic heterocycles. The van der Waals surface area contributed by atoms with Gasteiger partial charge in [0.2, 0.25) is 0 Å². The Morgan fingerprint density at radius 2 is 1.97 bits per heavy atom. The number of rotatable bonds is 2. The minimum atomic E-state index is -0.482. The normalized spacial score (nSPS) is 22.3. The van der Waals surface area contributed by atoms with Crippen molar-refractivity contribution in [2.24, 2.45) is 10.8 Å². The van der Waals surface area contributed by atoms with Crippen LogP contribution in [0, 0.1) is 34.4 Å². The van der Waals surface area contributed by atoms with Gasteiger partial charge in [0.1, 0.15) is 11.4 Å². The molecule has 1 spiro atoms. The molecule has 2 fully saturated rings. The summed E-state index contributed by atoms with van der Waals surface area (Å²) >= 11 is 0. The molecular formula is C23H27FLrN3O2-. The van der Waals surface area contributed by atoms with Crippen molar-refractivity contribution in [1.29, 1.82) is 5.26 Å². The number of benzene rings is 1. The first-order valence-electron chi connectivity index (χ1n) is 10.1. The summed E-state index contributed by atoms with van der Waals surface area (Å²) < 4.78 is 19.7. The Hall–Kier alpha value is -3.68. The predicted molar refractivity (Wildman–Crippen MR) is 109 cm³/mol. The molecule has 5 nitrogen and oxygen atoms in total. The van der Waals surface area contributed by atoms with Crippen LogP contribution < -0.4 is 0 Å². The van der Waals surface area contributed by atoms with E-state index in [1.165, 1.54) is 6.07 Å². The van der Waals surface area contributed by atoms with E-state index in [0.717, 1.165) is 25.0 Å². The molecule has 1 aromatic carbocycles. The molecule has 30 heavy (non-hydrogen) atoms. The molecule has 2 heterocycles. The van der Waals surface area contributed by atoms with Crippen LogP contribution >= 0.6 is 0 Å². The molecule has 0 bridgehead atoms. The number of aromatic amines is 1. The van der Waals surface area contributed by atoms with E-state index in [1.54, 1.807) is 11.0 Å². The molecule has 1 amide bonds. The van der Waals surface area contributed by atoms with Crippen LogP contribution in [-0.4, -0.2) is 34.7 Å². The van der Waals surface area contributed by atoms with Crippen LogP contribution in [0.5, 0.6) is 0 Å². The van der Waals surface area contributed by atoms with Gasteiger partial charge in [0.15, 0.2) is 0 Å². The van der Waals surface area contributed by atoms with Crippen LogP contribution in [0.2, 0.25) is 0 Å². The van der Waals surface area contributed by atoms with E-state index in [-0.39, 0.29) is 22.7 Å². The van der Waals surface area contributed by atoms with E-state index < -0.39 is 5.60 Å². The number of halogens is 1. The molecule has 169 valence electrons. The first-order valence-corrected chi connectivity index (χ1v) is 10.1. The number of fused-ring (bicyclic) bond motifs is 1. The van der Waals surface area contributed by atoms with Gasteiger partial charge in [-0.15, -0.1) is 5.69 Å². The second kappa shape index (κ2) is 6.69. The van der Waals surface area contributed by atoms with Crippen molar-refractivity contribution in [1.82, 2.24) is 9.88 Å². The first-order chi connectivity index (χ1) is 13.5. The third-order valence-corrected chi connectivity index (χ3v) is 6.48. The van der Waals surface area contributed by atoms with E-state index in [0.29, 0.717) is 29.6 Å². The van der Waals surface area contributed by atoms with Gasteiger partial charge in [-0.25, -0.2) is 15.6 Å². The number of carbonyl (C=O) groups excluding carboxylic acids is 1. The fraction of sp³-hybridized carbons (Fsp3) is 0.522. The summed E-state index contributed by atoms with van der Waals surface area (Å²) in [5.74, 6) is -0.378. The van der Waals surface area contributed by atoms with Gasteiger partial charge in [-0.05, 0) is 56.5 Å². The number of nitriles is 1. The third kappa shape index (κ3) is 3.52. The van der Waals surface area contributed by atoms with Gasteiger partial charge in [-0.2, -0.15) is 11.3 Å². The Labute approximate surface area is 170 Å². The smallest absolute Gasteiger partial charge is 0.410 e. The number of nitrogens with zero attached hydrogens (tertiary/aromatic N) is 2. The van der Waals surface area contributed by atoms with Crippen LogP contribution in [0.3, 0.4) is 0 Å². The SMILES string of the molecule is CC(C)(C)OC(=O)N1CCC2(CC1)C[C@@]2(C)[CH-]c1cc2c(F)cc(C#N)cc2[nH]1.[Lr]. The first kappa shape index (κ1) is 21.0. The number of hydrogen-bond donors (Lipinski definition) is 1. The van der Waals surface area contributed by atoms with Gasteiger partial charge in [-0.1, -0.05) is 18.8 Å². The Morgan fingerprint density at radius 3 is 2.57 bits per heavy atom. The van der Waals surface area contributed by atoms with Crippen LogP contribution in [0.15, 0.2) is 18.2 Å². The van der Waals surface area contributed by atoms with E-state index in [4.69, 9.17) is 10.00 Å². The van der Waals surface area contributed by atoms with Crippen molar-refractivity contribution < 1.29 is 13.9 Å². The van der Waals surface area contributed by atoms with E-state index in [9.17, 15) is 9.18 Å². The van der Waals surface area contributed by atoms with Crippen LogP contribution in [-0.2, 0) is 4.74 Å². The Kier molecular flexibility index (Phi) is 4.69. The molecule has 1 saturated carbocycles. The maximum atomic E-state index is 14.2. The molecule has 7 heteroatoms. The van der Waals surface area contributed by atoms with Crippen molar-refractivity contribution >= 4 is 17.0 Å². The molecule has 2 aliphatic rings. The van der Waals surface area contributed by atoms with E-state index in [2.05, 4.69) is 18.3 Å². The topological polar surface area (TPSA) is 69.1 Å². The summed E-state index contributed by atoms with van der Waals surface area (Å²) in [6.45, 7) is 9.28. The summed E-state index contributed by atoms with van der Waals surface area (Å²) in [5.41, 5.74) is 1.55. The zero-order valence-corrected chi connectivity index (χ0v) is 19.8. The van der Waals surface area contributed by atoms with Gasteiger partial charge < -0.3 is 14.6 Å². The van der Waals surface area contributed by atoms with Crippen molar-refractivity contribution in [2.45, 2.75) is 52.6 Å². The molecule has 4 rings (SSSR count). The monoisotopic (exact) mass is 658 g/mol. The van der Waals surface area contributed by atoms with E-state index >= 15 is 0 Å². The molecule has 2 aromatic rings. The Balaban J connectivity index is 0.00000256. The summed E-state index contributed by atoms with van der Waals surface area (Å²) in [4.78, 5) is 17.4. The number of piperidine rings is 1. The standard InChI is InChI=1S/C23H27FN3O2.Lr/c1-21(2,3)29-20(28)27-7-5-23(6-8-27)14-22(23,4)12-16-11-17-18(24)9-15(13-25)10-19(17)26-16;/h9-12,26H,5-8,14H2,1-4H3;/q-1;/t22-;/m1./s1. The number of ether oxygens (including phenoxy) is 1. The number of hydrogen-bond acceptors (Lipinski definition) is 3. The molecule has 1 aliphatic carbocycles. The molecule has 0 unspecified atom stereocenters. The number of H-pyrrole nitrogens is 1. The molecule has 1 atom stereocenters. The largest absolute Gasteiger partial charge is 0.444 e. The predicted octanol–water partition coefficient (Wildman–Crippen LogP) is 5.16. The number of aromatic nitrogens is 1. The molecule has 1 radical (unpaired) electrons. The summed E-state index contributed by atoms with van der Waals surface area (Å²) in [5, 5.41) is 9.55. The fourth-order valence-corrected chi connectivity index (χ4v) is 4.76.